The van der Waals surface area contributed by atoms with Crippen molar-refractivity contribution in [2.45, 2.75) is 38.3 Å². The van der Waals surface area contributed by atoms with Gasteiger partial charge in [-0.25, -0.2) is 13.2 Å². The lowest BCUT2D eigenvalue weighted by Crippen LogP contribution is -2.47. The third kappa shape index (κ3) is 3.30. The summed E-state index contributed by atoms with van der Waals surface area (Å²) in [5.74, 6) is -4.21. The minimum absolute atomic E-state index is 0.200. The normalized spacial score (nSPS) is 20.5. The third-order valence-corrected chi connectivity index (χ3v) is 3.49. The molecule has 6 heteroatoms. The third-order valence-electron chi connectivity index (χ3n) is 3.49. The summed E-state index contributed by atoms with van der Waals surface area (Å²) in [6, 6.07) is 0.937. The van der Waals surface area contributed by atoms with Gasteiger partial charge in [0, 0.05) is 0 Å². The first kappa shape index (κ1) is 14.8. The minimum atomic E-state index is -1.50. The van der Waals surface area contributed by atoms with Crippen molar-refractivity contribution in [2.75, 3.05) is 6.54 Å². The van der Waals surface area contributed by atoms with E-state index < -0.39 is 23.5 Å². The maximum atomic E-state index is 13.2. The van der Waals surface area contributed by atoms with E-state index in [-0.39, 0.29) is 17.5 Å². The summed E-state index contributed by atoms with van der Waals surface area (Å²) in [5, 5.41) is 5.77. The average molecular weight is 286 g/mol. The molecule has 1 aromatic rings. The van der Waals surface area contributed by atoms with Gasteiger partial charge in [-0.2, -0.15) is 0 Å². The molecular formula is C14H17F3N2O. The van der Waals surface area contributed by atoms with Gasteiger partial charge in [-0.1, -0.05) is 6.42 Å². The number of hydrogen-bond acceptors (Lipinski definition) is 2. The van der Waals surface area contributed by atoms with Gasteiger partial charge in [-0.15, -0.1) is 0 Å². The fourth-order valence-electron chi connectivity index (χ4n) is 2.30. The second-order valence-electron chi connectivity index (χ2n) is 5.03. The van der Waals surface area contributed by atoms with Crippen LogP contribution in [0, 0.1) is 17.5 Å². The van der Waals surface area contributed by atoms with Crippen LogP contribution >= 0.6 is 0 Å². The zero-order chi connectivity index (χ0) is 14.7. The van der Waals surface area contributed by atoms with E-state index in [1.807, 2.05) is 0 Å². The number of carbonyl (C=O) groups excluding carboxylic acids is 1. The Labute approximate surface area is 115 Å². The van der Waals surface area contributed by atoms with Crippen LogP contribution in [0.5, 0.6) is 0 Å². The van der Waals surface area contributed by atoms with E-state index in [1.165, 1.54) is 0 Å². The first-order valence-electron chi connectivity index (χ1n) is 6.67. The highest BCUT2D eigenvalue weighted by Crippen LogP contribution is 2.19. The van der Waals surface area contributed by atoms with Crippen LogP contribution in [0.25, 0.3) is 0 Å². The molecular weight excluding hydrogens is 269 g/mol. The molecule has 0 unspecified atom stereocenters. The van der Waals surface area contributed by atoms with Crippen LogP contribution in [-0.2, 0) is 4.79 Å². The van der Waals surface area contributed by atoms with Crippen LogP contribution in [-0.4, -0.2) is 18.5 Å². The molecule has 0 saturated carbocycles. The molecule has 0 spiro atoms. The molecule has 1 heterocycles. The summed E-state index contributed by atoms with van der Waals surface area (Å²) in [4.78, 5) is 12.0. The zero-order valence-corrected chi connectivity index (χ0v) is 11.2. The fourth-order valence-corrected chi connectivity index (χ4v) is 2.30. The highest BCUT2D eigenvalue weighted by Gasteiger charge is 2.23. The van der Waals surface area contributed by atoms with Crippen LogP contribution in [0.4, 0.5) is 13.2 Å². The van der Waals surface area contributed by atoms with Crippen molar-refractivity contribution in [3.63, 3.8) is 0 Å². The Morgan fingerprint density at radius 3 is 2.50 bits per heavy atom. The Morgan fingerprint density at radius 1 is 1.30 bits per heavy atom. The highest BCUT2D eigenvalue weighted by atomic mass is 19.2. The molecule has 3 nitrogen and oxygen atoms in total. The van der Waals surface area contributed by atoms with Gasteiger partial charge in [0.2, 0.25) is 5.91 Å². The van der Waals surface area contributed by atoms with Crippen molar-refractivity contribution >= 4 is 5.91 Å². The first-order chi connectivity index (χ1) is 9.49. The van der Waals surface area contributed by atoms with Gasteiger partial charge >= 0.3 is 0 Å². The quantitative estimate of drug-likeness (QED) is 0.838. The predicted octanol–water partition coefficient (Wildman–Crippen LogP) is 2.42. The summed E-state index contributed by atoms with van der Waals surface area (Å²) >= 11 is 0. The largest absolute Gasteiger partial charge is 0.348 e. The Morgan fingerprint density at radius 2 is 1.95 bits per heavy atom. The smallest absolute Gasteiger partial charge is 0.237 e. The number of piperidine rings is 1. The molecule has 1 aliphatic heterocycles. The lowest BCUT2D eigenvalue weighted by Gasteiger charge is -2.24. The fraction of sp³-hybridized carbons (Fsp3) is 0.500. The number of benzene rings is 1. The highest BCUT2D eigenvalue weighted by molar-refractivity contribution is 5.82. The average Bonchev–Trinajstić information content (AvgIpc) is 2.45. The lowest BCUT2D eigenvalue weighted by molar-refractivity contribution is -0.124. The second kappa shape index (κ2) is 6.26. The van der Waals surface area contributed by atoms with Crippen LogP contribution in [0.1, 0.15) is 37.8 Å². The van der Waals surface area contributed by atoms with E-state index >= 15 is 0 Å². The van der Waals surface area contributed by atoms with Crippen molar-refractivity contribution in [3.05, 3.63) is 35.1 Å². The molecule has 2 atom stereocenters. The van der Waals surface area contributed by atoms with Gasteiger partial charge < -0.3 is 10.6 Å². The summed E-state index contributed by atoms with van der Waals surface area (Å²) in [6.45, 7) is 2.39. The van der Waals surface area contributed by atoms with Crippen molar-refractivity contribution in [2.24, 2.45) is 0 Å². The van der Waals surface area contributed by atoms with Gasteiger partial charge in [-0.05, 0) is 44.0 Å². The summed E-state index contributed by atoms with van der Waals surface area (Å²) in [7, 11) is 0. The Hall–Kier alpha value is -1.56. The Bertz CT molecular complexity index is 478. The number of carbonyl (C=O) groups is 1. The summed E-state index contributed by atoms with van der Waals surface area (Å²) in [6.07, 6.45) is 2.75. The number of nitrogens with one attached hydrogen (secondary N) is 2. The molecule has 0 aromatic heterocycles. The molecule has 1 saturated heterocycles. The monoisotopic (exact) mass is 286 g/mol. The molecule has 1 fully saturated rings. The van der Waals surface area contributed by atoms with Gasteiger partial charge in [0.25, 0.3) is 0 Å². The topological polar surface area (TPSA) is 41.1 Å². The minimum Gasteiger partial charge on any atom is -0.348 e. The van der Waals surface area contributed by atoms with Crippen LogP contribution in [0.2, 0.25) is 0 Å². The van der Waals surface area contributed by atoms with Gasteiger partial charge in [0.15, 0.2) is 17.5 Å². The molecule has 2 rings (SSSR count). The zero-order valence-electron chi connectivity index (χ0n) is 11.2. The standard InChI is InChI=1S/C14H17F3N2O/c1-8(9-6-10(15)13(17)11(16)7-9)19-14(20)12-4-2-3-5-18-12/h6-8,12,18H,2-5H2,1H3,(H,19,20)/t8-,12+/m0/s1. The maximum Gasteiger partial charge on any atom is 0.237 e. The predicted molar refractivity (Wildman–Crippen MR) is 68.5 cm³/mol. The molecule has 1 aliphatic rings. The first-order valence-corrected chi connectivity index (χ1v) is 6.67. The molecule has 110 valence electrons. The van der Waals surface area contributed by atoms with E-state index in [0.29, 0.717) is 0 Å². The molecule has 20 heavy (non-hydrogen) atoms. The van der Waals surface area contributed by atoms with E-state index in [1.54, 1.807) is 6.92 Å². The Kier molecular flexibility index (Phi) is 4.65. The van der Waals surface area contributed by atoms with E-state index in [9.17, 15) is 18.0 Å². The van der Waals surface area contributed by atoms with Crippen LogP contribution in [0.15, 0.2) is 12.1 Å². The number of rotatable bonds is 3. The van der Waals surface area contributed by atoms with Crippen molar-refractivity contribution < 1.29 is 18.0 Å². The van der Waals surface area contributed by atoms with Crippen molar-refractivity contribution in [1.82, 2.24) is 10.6 Å². The molecule has 0 bridgehead atoms. The SMILES string of the molecule is C[C@H](NC(=O)[C@H]1CCCCN1)c1cc(F)c(F)c(F)c1. The van der Waals surface area contributed by atoms with E-state index in [4.69, 9.17) is 0 Å². The van der Waals surface area contributed by atoms with Crippen LogP contribution in [0.3, 0.4) is 0 Å². The lowest BCUT2D eigenvalue weighted by atomic mass is 10.0. The summed E-state index contributed by atoms with van der Waals surface area (Å²) in [5.41, 5.74) is 0.200. The van der Waals surface area contributed by atoms with E-state index in [2.05, 4.69) is 10.6 Å². The molecule has 1 aromatic carbocycles. The van der Waals surface area contributed by atoms with Crippen LogP contribution < -0.4 is 10.6 Å². The molecule has 2 N–H and O–H groups in total. The molecule has 0 aliphatic carbocycles. The Balaban J connectivity index is 2.04. The number of amides is 1. The van der Waals surface area contributed by atoms with E-state index in [0.717, 1.165) is 37.9 Å². The number of hydrogen-bond donors (Lipinski definition) is 2. The van der Waals surface area contributed by atoms with Crippen molar-refractivity contribution in [3.8, 4) is 0 Å². The maximum absolute atomic E-state index is 13.2. The summed E-state index contributed by atoms with van der Waals surface area (Å²) < 4.78 is 39.2. The molecule has 0 radical (unpaired) electrons. The van der Waals surface area contributed by atoms with Gasteiger partial charge in [-0.3, -0.25) is 4.79 Å². The van der Waals surface area contributed by atoms with Gasteiger partial charge in [0.05, 0.1) is 12.1 Å². The number of halogens is 3. The second-order valence-corrected chi connectivity index (χ2v) is 5.03. The van der Waals surface area contributed by atoms with Gasteiger partial charge in [0.1, 0.15) is 0 Å². The van der Waals surface area contributed by atoms with Crippen molar-refractivity contribution in [1.29, 1.82) is 0 Å². The molecule has 1 amide bonds.